The molecule has 1 aliphatic rings. The fourth-order valence-electron chi connectivity index (χ4n) is 2.65. The maximum atomic E-state index is 5.66. The molecule has 0 aromatic carbocycles. The summed E-state index contributed by atoms with van der Waals surface area (Å²) in [5.74, 6) is 1.29. The molecule has 0 saturated carbocycles. The molecule has 1 N–H and O–H groups in total. The van der Waals surface area contributed by atoms with Crippen molar-refractivity contribution in [1.29, 1.82) is 0 Å². The van der Waals surface area contributed by atoms with Crippen LogP contribution in [0.2, 0.25) is 0 Å². The second-order valence-electron chi connectivity index (χ2n) is 6.38. The van der Waals surface area contributed by atoms with E-state index in [0.717, 1.165) is 13.0 Å². The van der Waals surface area contributed by atoms with Gasteiger partial charge in [-0.25, -0.2) is 0 Å². The minimum absolute atomic E-state index is 0.125. The third kappa shape index (κ3) is 2.98. The third-order valence-corrected chi connectivity index (χ3v) is 3.86. The van der Waals surface area contributed by atoms with Crippen molar-refractivity contribution in [2.75, 3.05) is 13.2 Å². The van der Waals surface area contributed by atoms with Gasteiger partial charge in [0.2, 0.25) is 11.7 Å². The van der Waals surface area contributed by atoms with Crippen LogP contribution in [0.1, 0.15) is 65.2 Å². The molecule has 0 bridgehead atoms. The van der Waals surface area contributed by atoms with E-state index in [0.29, 0.717) is 18.3 Å². The Labute approximate surface area is 115 Å². The van der Waals surface area contributed by atoms with Crippen molar-refractivity contribution in [2.24, 2.45) is 5.41 Å². The van der Waals surface area contributed by atoms with Gasteiger partial charge in [0.05, 0.1) is 6.04 Å². The van der Waals surface area contributed by atoms with Crippen LogP contribution in [-0.2, 0) is 10.3 Å². The van der Waals surface area contributed by atoms with Crippen LogP contribution in [0.15, 0.2) is 4.52 Å². The van der Waals surface area contributed by atoms with E-state index in [2.05, 4.69) is 29.3 Å². The molecule has 2 heterocycles. The van der Waals surface area contributed by atoms with Crippen molar-refractivity contribution in [1.82, 2.24) is 15.5 Å². The highest BCUT2D eigenvalue weighted by atomic mass is 16.5. The van der Waals surface area contributed by atoms with Crippen molar-refractivity contribution in [2.45, 2.75) is 59.1 Å². The van der Waals surface area contributed by atoms with Crippen LogP contribution in [0.3, 0.4) is 0 Å². The minimum atomic E-state index is -0.505. The van der Waals surface area contributed by atoms with E-state index in [4.69, 9.17) is 9.26 Å². The number of hydrogen-bond acceptors (Lipinski definition) is 5. The highest BCUT2D eigenvalue weighted by Crippen LogP contribution is 2.39. The van der Waals surface area contributed by atoms with E-state index < -0.39 is 5.60 Å². The first-order valence-corrected chi connectivity index (χ1v) is 7.08. The predicted molar refractivity (Wildman–Crippen MR) is 72.7 cm³/mol. The molecule has 0 aliphatic carbocycles. The molecule has 5 nitrogen and oxygen atoms in total. The van der Waals surface area contributed by atoms with Crippen molar-refractivity contribution in [3.8, 4) is 0 Å². The summed E-state index contributed by atoms with van der Waals surface area (Å²) >= 11 is 0. The smallest absolute Gasteiger partial charge is 0.244 e. The van der Waals surface area contributed by atoms with E-state index in [1.165, 1.54) is 6.42 Å². The maximum absolute atomic E-state index is 5.66. The Hall–Kier alpha value is -0.940. The van der Waals surface area contributed by atoms with Gasteiger partial charge < -0.3 is 14.6 Å². The Morgan fingerprint density at radius 2 is 2.21 bits per heavy atom. The molecule has 0 spiro atoms. The summed E-state index contributed by atoms with van der Waals surface area (Å²) in [5, 5.41) is 7.58. The lowest BCUT2D eigenvalue weighted by Gasteiger charge is -2.36. The monoisotopic (exact) mass is 267 g/mol. The lowest BCUT2D eigenvalue weighted by atomic mass is 9.77. The van der Waals surface area contributed by atoms with Gasteiger partial charge >= 0.3 is 0 Å². The van der Waals surface area contributed by atoms with Crippen LogP contribution < -0.4 is 5.32 Å². The number of rotatable bonds is 4. The van der Waals surface area contributed by atoms with E-state index in [-0.39, 0.29) is 11.5 Å². The van der Waals surface area contributed by atoms with Gasteiger partial charge in [0, 0.05) is 6.61 Å². The molecular weight excluding hydrogens is 242 g/mol. The Morgan fingerprint density at radius 3 is 2.84 bits per heavy atom. The van der Waals surface area contributed by atoms with Crippen molar-refractivity contribution >= 4 is 0 Å². The van der Waals surface area contributed by atoms with Crippen LogP contribution in [0.4, 0.5) is 0 Å². The quantitative estimate of drug-likeness (QED) is 0.909. The van der Waals surface area contributed by atoms with Gasteiger partial charge in [0.25, 0.3) is 0 Å². The summed E-state index contributed by atoms with van der Waals surface area (Å²) in [6.07, 6.45) is 2.35. The molecule has 1 unspecified atom stereocenters. The Bertz CT molecular complexity index is 426. The van der Waals surface area contributed by atoms with Gasteiger partial charge in [-0.2, -0.15) is 4.98 Å². The summed E-state index contributed by atoms with van der Waals surface area (Å²) in [4.78, 5) is 4.55. The first-order chi connectivity index (χ1) is 8.87. The predicted octanol–water partition coefficient (Wildman–Crippen LogP) is 2.79. The summed E-state index contributed by atoms with van der Waals surface area (Å²) in [6.45, 7) is 12.0. The average molecular weight is 267 g/mol. The first-order valence-electron chi connectivity index (χ1n) is 7.08. The number of nitrogens with zero attached hydrogens (tertiary/aromatic N) is 2. The maximum Gasteiger partial charge on any atom is 0.244 e. The van der Waals surface area contributed by atoms with Gasteiger partial charge in [-0.05, 0) is 45.6 Å². The molecule has 1 aromatic rings. The second kappa shape index (κ2) is 5.21. The molecule has 19 heavy (non-hydrogen) atoms. The van der Waals surface area contributed by atoms with E-state index in [1.54, 1.807) is 0 Å². The van der Waals surface area contributed by atoms with Gasteiger partial charge in [-0.1, -0.05) is 19.0 Å². The van der Waals surface area contributed by atoms with Crippen molar-refractivity contribution < 1.29 is 9.26 Å². The van der Waals surface area contributed by atoms with Crippen LogP contribution in [0.25, 0.3) is 0 Å². The molecule has 0 radical (unpaired) electrons. The number of hydrogen-bond donors (Lipinski definition) is 1. The third-order valence-electron chi connectivity index (χ3n) is 3.86. The highest BCUT2D eigenvalue weighted by Gasteiger charge is 2.38. The molecule has 1 aromatic heterocycles. The zero-order chi connectivity index (χ0) is 14.1. The van der Waals surface area contributed by atoms with Gasteiger partial charge in [-0.15, -0.1) is 0 Å². The Balaban J connectivity index is 2.21. The number of ether oxygens (including phenoxy) is 1. The summed E-state index contributed by atoms with van der Waals surface area (Å²) < 4.78 is 11.1. The molecule has 1 fully saturated rings. The molecule has 5 heteroatoms. The van der Waals surface area contributed by atoms with E-state index in [9.17, 15) is 0 Å². The normalized spacial score (nSPS) is 23.5. The molecule has 1 aliphatic heterocycles. The SMILES string of the molecule is CCOC(C)(C)c1noc(C2NCCCC2(C)C)n1. The largest absolute Gasteiger partial charge is 0.368 e. The topological polar surface area (TPSA) is 60.2 Å². The molecule has 1 atom stereocenters. The lowest BCUT2D eigenvalue weighted by Crippen LogP contribution is -2.40. The van der Waals surface area contributed by atoms with E-state index in [1.807, 2.05) is 20.8 Å². The first kappa shape index (κ1) is 14.5. The van der Waals surface area contributed by atoms with Crippen molar-refractivity contribution in [3.05, 3.63) is 11.7 Å². The standard InChI is InChI=1S/C14H25N3O2/c1-6-18-14(4,5)12-16-11(19-17-12)10-13(2,3)8-7-9-15-10/h10,15H,6-9H2,1-5H3. The van der Waals surface area contributed by atoms with Crippen molar-refractivity contribution in [3.63, 3.8) is 0 Å². The molecular formula is C14H25N3O2. The molecule has 108 valence electrons. The fourth-order valence-corrected chi connectivity index (χ4v) is 2.65. The Morgan fingerprint density at radius 1 is 1.47 bits per heavy atom. The van der Waals surface area contributed by atoms with Crippen LogP contribution >= 0.6 is 0 Å². The average Bonchev–Trinajstić information content (AvgIpc) is 2.78. The summed E-state index contributed by atoms with van der Waals surface area (Å²) in [6, 6.07) is 0.125. The number of nitrogens with one attached hydrogen (secondary N) is 1. The van der Waals surface area contributed by atoms with Crippen LogP contribution in [0, 0.1) is 5.41 Å². The van der Waals surface area contributed by atoms with Crippen LogP contribution in [0.5, 0.6) is 0 Å². The van der Waals surface area contributed by atoms with Gasteiger partial charge in [0.1, 0.15) is 5.60 Å². The molecule has 0 amide bonds. The van der Waals surface area contributed by atoms with Gasteiger partial charge in [0.15, 0.2) is 0 Å². The summed E-state index contributed by atoms with van der Waals surface area (Å²) in [5.41, 5.74) is -0.368. The molecule has 1 saturated heterocycles. The molecule has 2 rings (SSSR count). The lowest BCUT2D eigenvalue weighted by molar-refractivity contribution is -0.0221. The van der Waals surface area contributed by atoms with Crippen LogP contribution in [-0.4, -0.2) is 23.3 Å². The zero-order valence-corrected chi connectivity index (χ0v) is 12.6. The summed E-state index contributed by atoms with van der Waals surface area (Å²) in [7, 11) is 0. The Kier molecular flexibility index (Phi) is 3.97. The minimum Gasteiger partial charge on any atom is -0.368 e. The second-order valence-corrected chi connectivity index (χ2v) is 6.38. The number of piperidine rings is 1. The fraction of sp³-hybridized carbons (Fsp3) is 0.857. The number of aromatic nitrogens is 2. The van der Waals surface area contributed by atoms with Gasteiger partial charge in [-0.3, -0.25) is 0 Å². The zero-order valence-electron chi connectivity index (χ0n) is 12.6. The highest BCUT2D eigenvalue weighted by molar-refractivity contribution is 5.04. The van der Waals surface area contributed by atoms with E-state index >= 15 is 0 Å².